The number of carbonyl (C=O) groups is 2. The van der Waals surface area contributed by atoms with Gasteiger partial charge in [-0.05, 0) is 37.6 Å². The van der Waals surface area contributed by atoms with Crippen molar-refractivity contribution in [2.24, 2.45) is 5.92 Å². The summed E-state index contributed by atoms with van der Waals surface area (Å²) in [5, 5.41) is 11.6. The van der Waals surface area contributed by atoms with Gasteiger partial charge in [0.05, 0.1) is 12.5 Å². The second-order valence-corrected chi connectivity index (χ2v) is 5.07. The standard InChI is InChI=1S/C14H17FN2O3/c1-9-2-3-11(15)6-12(9)16-13(18)8-17-5-4-10(7-17)14(19)20/h2-3,6,10H,4-5,7-8H2,1H3,(H,16,18)(H,19,20). The molecule has 1 aliphatic heterocycles. The molecule has 2 rings (SSSR count). The molecule has 1 heterocycles. The summed E-state index contributed by atoms with van der Waals surface area (Å²) in [5.74, 6) is -1.89. The average Bonchev–Trinajstić information content (AvgIpc) is 2.82. The van der Waals surface area contributed by atoms with Crippen LogP contribution in [0.2, 0.25) is 0 Å². The number of halogens is 1. The lowest BCUT2D eigenvalue weighted by Gasteiger charge is -2.15. The highest BCUT2D eigenvalue weighted by atomic mass is 19.1. The van der Waals surface area contributed by atoms with Gasteiger partial charge in [0.15, 0.2) is 0 Å². The van der Waals surface area contributed by atoms with Crippen molar-refractivity contribution in [1.82, 2.24) is 4.90 Å². The van der Waals surface area contributed by atoms with Gasteiger partial charge < -0.3 is 10.4 Å². The van der Waals surface area contributed by atoms with Crippen molar-refractivity contribution in [3.8, 4) is 0 Å². The van der Waals surface area contributed by atoms with Gasteiger partial charge in [0.2, 0.25) is 5.91 Å². The summed E-state index contributed by atoms with van der Waals surface area (Å²) in [6.07, 6.45) is 0.557. The first-order valence-corrected chi connectivity index (χ1v) is 6.47. The molecular weight excluding hydrogens is 263 g/mol. The highest BCUT2D eigenvalue weighted by molar-refractivity contribution is 5.93. The van der Waals surface area contributed by atoms with E-state index < -0.39 is 17.7 Å². The third-order valence-electron chi connectivity index (χ3n) is 3.46. The Labute approximate surface area is 116 Å². The zero-order valence-electron chi connectivity index (χ0n) is 11.2. The van der Waals surface area contributed by atoms with Crippen LogP contribution in [-0.2, 0) is 9.59 Å². The van der Waals surface area contributed by atoms with Gasteiger partial charge in [-0.1, -0.05) is 6.07 Å². The molecule has 0 spiro atoms. The van der Waals surface area contributed by atoms with E-state index in [1.807, 2.05) is 0 Å². The molecule has 0 radical (unpaired) electrons. The van der Waals surface area contributed by atoms with E-state index in [2.05, 4.69) is 5.32 Å². The van der Waals surface area contributed by atoms with E-state index in [0.717, 1.165) is 5.56 Å². The van der Waals surface area contributed by atoms with Crippen LogP contribution < -0.4 is 5.32 Å². The molecule has 1 fully saturated rings. The average molecular weight is 280 g/mol. The molecule has 0 aromatic heterocycles. The molecule has 1 amide bonds. The number of hydrogen-bond acceptors (Lipinski definition) is 3. The molecule has 5 nitrogen and oxygen atoms in total. The number of aryl methyl sites for hydroxylation is 1. The van der Waals surface area contributed by atoms with Crippen molar-refractivity contribution in [1.29, 1.82) is 0 Å². The first-order valence-electron chi connectivity index (χ1n) is 6.47. The van der Waals surface area contributed by atoms with Crippen LogP contribution in [0.1, 0.15) is 12.0 Å². The first-order chi connectivity index (χ1) is 9.45. The van der Waals surface area contributed by atoms with Gasteiger partial charge >= 0.3 is 5.97 Å². The Morgan fingerprint density at radius 3 is 2.90 bits per heavy atom. The summed E-state index contributed by atoms with van der Waals surface area (Å²) >= 11 is 0. The normalized spacial score (nSPS) is 19.0. The van der Waals surface area contributed by atoms with E-state index in [9.17, 15) is 14.0 Å². The number of carboxylic acid groups (broad SMARTS) is 1. The Bertz CT molecular complexity index is 533. The lowest BCUT2D eigenvalue weighted by Crippen LogP contribution is -2.32. The fourth-order valence-electron chi connectivity index (χ4n) is 2.30. The molecule has 1 unspecified atom stereocenters. The van der Waals surface area contributed by atoms with E-state index >= 15 is 0 Å². The van der Waals surface area contributed by atoms with Crippen molar-refractivity contribution in [2.45, 2.75) is 13.3 Å². The van der Waals surface area contributed by atoms with Crippen LogP contribution in [-0.4, -0.2) is 41.5 Å². The third-order valence-corrected chi connectivity index (χ3v) is 3.46. The highest BCUT2D eigenvalue weighted by Crippen LogP contribution is 2.18. The van der Waals surface area contributed by atoms with Crippen molar-refractivity contribution in [3.63, 3.8) is 0 Å². The van der Waals surface area contributed by atoms with Crippen LogP contribution in [0.15, 0.2) is 18.2 Å². The Kier molecular flexibility index (Phi) is 4.34. The Morgan fingerprint density at radius 1 is 1.50 bits per heavy atom. The molecule has 0 saturated carbocycles. The summed E-state index contributed by atoms with van der Waals surface area (Å²) in [4.78, 5) is 24.5. The number of hydrogen-bond donors (Lipinski definition) is 2. The zero-order valence-corrected chi connectivity index (χ0v) is 11.2. The maximum absolute atomic E-state index is 13.1. The van der Waals surface area contributed by atoms with Crippen LogP contribution in [0.25, 0.3) is 0 Å². The molecule has 0 aliphatic carbocycles. The summed E-state index contributed by atoms with van der Waals surface area (Å²) in [7, 11) is 0. The molecule has 1 atom stereocenters. The fourth-order valence-corrected chi connectivity index (χ4v) is 2.30. The Hall–Kier alpha value is -1.95. The van der Waals surface area contributed by atoms with Crippen LogP contribution in [0.4, 0.5) is 10.1 Å². The summed E-state index contributed by atoms with van der Waals surface area (Å²) in [6, 6.07) is 4.21. The quantitative estimate of drug-likeness (QED) is 0.876. The molecule has 0 bridgehead atoms. The monoisotopic (exact) mass is 280 g/mol. The molecule has 6 heteroatoms. The van der Waals surface area contributed by atoms with Crippen LogP contribution in [0, 0.1) is 18.7 Å². The first kappa shape index (κ1) is 14.5. The number of carbonyl (C=O) groups excluding carboxylic acids is 1. The van der Waals surface area contributed by atoms with E-state index in [1.54, 1.807) is 17.9 Å². The lowest BCUT2D eigenvalue weighted by atomic mass is 10.1. The molecule has 1 aromatic rings. The van der Waals surface area contributed by atoms with E-state index in [1.165, 1.54) is 12.1 Å². The zero-order chi connectivity index (χ0) is 14.7. The summed E-state index contributed by atoms with van der Waals surface area (Å²) < 4.78 is 13.1. The van der Waals surface area contributed by atoms with Gasteiger partial charge in [-0.25, -0.2) is 4.39 Å². The smallest absolute Gasteiger partial charge is 0.307 e. The number of aliphatic carboxylic acids is 1. The Balaban J connectivity index is 1.90. The molecule has 1 saturated heterocycles. The number of nitrogens with zero attached hydrogens (tertiary/aromatic N) is 1. The van der Waals surface area contributed by atoms with Crippen molar-refractivity contribution in [3.05, 3.63) is 29.6 Å². The molecule has 1 aliphatic rings. The van der Waals surface area contributed by atoms with Crippen molar-refractivity contribution >= 4 is 17.6 Å². The van der Waals surface area contributed by atoms with Gasteiger partial charge in [0.1, 0.15) is 5.82 Å². The number of rotatable bonds is 4. The van der Waals surface area contributed by atoms with Crippen LogP contribution in [0.3, 0.4) is 0 Å². The number of anilines is 1. The molecule has 1 aromatic carbocycles. The van der Waals surface area contributed by atoms with E-state index in [0.29, 0.717) is 25.2 Å². The summed E-state index contributed by atoms with van der Waals surface area (Å²) in [6.45, 7) is 2.88. The van der Waals surface area contributed by atoms with Crippen molar-refractivity contribution in [2.75, 3.05) is 25.0 Å². The second-order valence-electron chi connectivity index (χ2n) is 5.07. The molecular formula is C14H17FN2O3. The largest absolute Gasteiger partial charge is 0.481 e. The maximum atomic E-state index is 13.1. The lowest BCUT2D eigenvalue weighted by molar-refractivity contribution is -0.141. The van der Waals surface area contributed by atoms with E-state index in [-0.39, 0.29) is 12.5 Å². The minimum Gasteiger partial charge on any atom is -0.481 e. The Morgan fingerprint density at radius 2 is 2.25 bits per heavy atom. The van der Waals surface area contributed by atoms with Crippen LogP contribution in [0.5, 0.6) is 0 Å². The van der Waals surface area contributed by atoms with Gasteiger partial charge in [-0.2, -0.15) is 0 Å². The number of likely N-dealkylation sites (tertiary alicyclic amines) is 1. The topological polar surface area (TPSA) is 69.6 Å². The number of benzene rings is 1. The maximum Gasteiger partial charge on any atom is 0.307 e. The number of amides is 1. The van der Waals surface area contributed by atoms with Gasteiger partial charge in [-0.3, -0.25) is 14.5 Å². The molecule has 20 heavy (non-hydrogen) atoms. The van der Waals surface area contributed by atoms with Gasteiger partial charge in [0.25, 0.3) is 0 Å². The second kappa shape index (κ2) is 6.00. The predicted octanol–water partition coefficient (Wildman–Crippen LogP) is 1.48. The minimum atomic E-state index is -0.825. The number of nitrogens with one attached hydrogen (secondary N) is 1. The molecule has 108 valence electrons. The SMILES string of the molecule is Cc1ccc(F)cc1NC(=O)CN1CCC(C(=O)O)C1. The fraction of sp³-hybridized carbons (Fsp3) is 0.429. The summed E-state index contributed by atoms with van der Waals surface area (Å²) in [5.41, 5.74) is 1.23. The minimum absolute atomic E-state index is 0.125. The molecule has 2 N–H and O–H groups in total. The third kappa shape index (κ3) is 3.54. The van der Waals surface area contributed by atoms with Crippen LogP contribution >= 0.6 is 0 Å². The van der Waals surface area contributed by atoms with E-state index in [4.69, 9.17) is 5.11 Å². The number of carboxylic acids is 1. The highest BCUT2D eigenvalue weighted by Gasteiger charge is 2.28. The predicted molar refractivity (Wildman–Crippen MR) is 71.9 cm³/mol. The van der Waals surface area contributed by atoms with Gasteiger partial charge in [0, 0.05) is 12.2 Å². The van der Waals surface area contributed by atoms with Gasteiger partial charge in [-0.15, -0.1) is 0 Å². The van der Waals surface area contributed by atoms with Crippen molar-refractivity contribution < 1.29 is 19.1 Å².